The van der Waals surface area contributed by atoms with Crippen LogP contribution in [-0.2, 0) is 0 Å². The molecule has 0 saturated carbocycles. The molecule has 0 fully saturated rings. The molecule has 2 aromatic carbocycles. The van der Waals surface area contributed by atoms with Gasteiger partial charge in [-0.2, -0.15) is 0 Å². The van der Waals surface area contributed by atoms with Crippen molar-refractivity contribution in [1.82, 2.24) is 0 Å². The molecule has 0 bridgehead atoms. The second kappa shape index (κ2) is 4.74. The van der Waals surface area contributed by atoms with E-state index in [9.17, 15) is 0 Å². The molecule has 4 rings (SSSR count). The van der Waals surface area contributed by atoms with Crippen LogP contribution in [0.1, 0.15) is 31.8 Å². The fourth-order valence-electron chi connectivity index (χ4n) is 3.99. The molecule has 2 aliphatic rings. The van der Waals surface area contributed by atoms with Gasteiger partial charge in [0.1, 0.15) is 0 Å². The van der Waals surface area contributed by atoms with Gasteiger partial charge in [0.25, 0.3) is 0 Å². The minimum atomic E-state index is -2.10. The predicted octanol–water partition coefficient (Wildman–Crippen LogP) is 5.39. The van der Waals surface area contributed by atoms with Gasteiger partial charge in [0.2, 0.25) is 0 Å². The van der Waals surface area contributed by atoms with Gasteiger partial charge < -0.3 is 0 Å². The second-order valence-electron chi connectivity index (χ2n) is 6.75. The zero-order valence-corrected chi connectivity index (χ0v) is 14.7. The Bertz CT molecular complexity index is 688. The molecule has 2 unspecified atom stereocenters. The average molecular weight is 333 g/mol. The Balaban J connectivity index is 1.76. The molecule has 0 amide bonds. The van der Waals surface area contributed by atoms with Crippen molar-refractivity contribution in [2.45, 2.75) is 21.0 Å². The molecule has 0 saturated heterocycles. The molecule has 0 aromatic heterocycles. The quantitative estimate of drug-likeness (QED) is 0.646. The first-order valence-corrected chi connectivity index (χ1v) is 14.3. The molecule has 0 N–H and O–H groups in total. The van der Waals surface area contributed by atoms with Crippen molar-refractivity contribution in [1.29, 1.82) is 0 Å². The van der Waals surface area contributed by atoms with Crippen molar-refractivity contribution in [3.63, 3.8) is 0 Å². The summed E-state index contributed by atoms with van der Waals surface area (Å²) in [4.78, 5) is 0. The van der Waals surface area contributed by atoms with Gasteiger partial charge in [-0.1, -0.05) is 0 Å². The number of fused-ring (bicyclic) bond motifs is 2. The molecule has 0 radical (unpaired) electrons. The van der Waals surface area contributed by atoms with Crippen molar-refractivity contribution < 1.29 is 0 Å². The molecule has 0 nitrogen and oxygen atoms in total. The van der Waals surface area contributed by atoms with Gasteiger partial charge in [0.05, 0.1) is 0 Å². The molecule has 2 aliphatic carbocycles. The van der Waals surface area contributed by atoms with Crippen LogP contribution >= 0.6 is 0 Å². The van der Waals surface area contributed by atoms with E-state index in [2.05, 4.69) is 84.3 Å². The van der Waals surface area contributed by atoms with Gasteiger partial charge in [-0.25, -0.2) is 0 Å². The van der Waals surface area contributed by atoms with Crippen molar-refractivity contribution in [2.24, 2.45) is 0 Å². The monoisotopic (exact) mass is 334 g/mol. The first-order chi connectivity index (χ1) is 10.2. The third-order valence-electron chi connectivity index (χ3n) is 5.20. The topological polar surface area (TPSA) is 0 Å². The van der Waals surface area contributed by atoms with Crippen LogP contribution < -0.4 is 0 Å². The average Bonchev–Trinajstić information content (AvgIpc) is 3.12. The summed E-state index contributed by atoms with van der Waals surface area (Å²) in [5, 5.41) is 0. The predicted molar refractivity (Wildman–Crippen MR) is 93.9 cm³/mol. The summed E-state index contributed by atoms with van der Waals surface area (Å²) in [5.41, 5.74) is 5.97. The summed E-state index contributed by atoms with van der Waals surface area (Å²) in [5.74, 6) is 5.18. The van der Waals surface area contributed by atoms with E-state index in [-0.39, 0.29) is 0 Å². The van der Waals surface area contributed by atoms with E-state index in [0.29, 0.717) is 9.50 Å². The Morgan fingerprint density at radius 1 is 0.667 bits per heavy atom. The standard InChI is InChI=1S/C20H20Ge/c1-21(2,19-13-11-15-7-3-5-9-17(15)19)20-14-12-16-8-4-6-10-18(16)20/h3-14,19-20H,1-2H3. The van der Waals surface area contributed by atoms with E-state index in [1.54, 1.807) is 11.1 Å². The van der Waals surface area contributed by atoms with Crippen LogP contribution in [0.15, 0.2) is 60.7 Å². The molecule has 104 valence electrons. The van der Waals surface area contributed by atoms with Crippen LogP contribution in [0.4, 0.5) is 0 Å². The number of hydrogen-bond acceptors (Lipinski definition) is 0. The van der Waals surface area contributed by atoms with Gasteiger partial charge in [-0.15, -0.1) is 0 Å². The molecule has 2 atom stereocenters. The molecular weight excluding hydrogens is 313 g/mol. The summed E-state index contributed by atoms with van der Waals surface area (Å²) in [6.45, 7) is 0. The van der Waals surface area contributed by atoms with Crippen molar-refractivity contribution in [3.05, 3.63) is 82.9 Å². The summed E-state index contributed by atoms with van der Waals surface area (Å²) in [6, 6.07) is 17.8. The number of benzene rings is 2. The Morgan fingerprint density at radius 3 is 1.57 bits per heavy atom. The van der Waals surface area contributed by atoms with E-state index in [1.165, 1.54) is 11.1 Å². The fraction of sp³-hybridized carbons (Fsp3) is 0.200. The Kier molecular flexibility index (Phi) is 2.97. The zero-order chi connectivity index (χ0) is 14.4. The molecule has 1 heteroatoms. The fourth-order valence-corrected chi connectivity index (χ4v) is 11.8. The summed E-state index contributed by atoms with van der Waals surface area (Å²) >= 11 is -2.10. The molecule has 0 spiro atoms. The first-order valence-electron chi connectivity index (χ1n) is 7.72. The molecule has 0 heterocycles. The zero-order valence-electron chi connectivity index (χ0n) is 12.6. The second-order valence-corrected chi connectivity index (χ2v) is 17.0. The molecular formula is C20H20Ge. The van der Waals surface area contributed by atoms with Crippen molar-refractivity contribution in [2.75, 3.05) is 0 Å². The minimum absolute atomic E-state index is 0.669. The third kappa shape index (κ3) is 1.97. The Hall–Kier alpha value is -1.54. The van der Waals surface area contributed by atoms with Crippen LogP contribution in [0.5, 0.6) is 0 Å². The van der Waals surface area contributed by atoms with Crippen molar-refractivity contribution in [3.8, 4) is 0 Å². The van der Waals surface area contributed by atoms with Crippen LogP contribution in [-0.4, -0.2) is 13.3 Å². The summed E-state index contributed by atoms with van der Waals surface area (Å²) in [6.07, 6.45) is 9.61. The van der Waals surface area contributed by atoms with Crippen LogP contribution in [0.3, 0.4) is 0 Å². The van der Waals surface area contributed by atoms with E-state index >= 15 is 0 Å². The number of allylic oxidation sites excluding steroid dienone is 2. The van der Waals surface area contributed by atoms with Crippen molar-refractivity contribution >= 4 is 25.4 Å². The normalized spacial score (nSPS) is 22.4. The van der Waals surface area contributed by atoms with E-state index in [1.807, 2.05) is 0 Å². The maximum absolute atomic E-state index is 2.59. The molecule has 2 aromatic rings. The summed E-state index contributed by atoms with van der Waals surface area (Å²) < 4.78 is 1.34. The third-order valence-corrected chi connectivity index (χ3v) is 14.0. The van der Waals surface area contributed by atoms with Crippen LogP contribution in [0.25, 0.3) is 12.2 Å². The summed E-state index contributed by atoms with van der Waals surface area (Å²) in [7, 11) is 0. The van der Waals surface area contributed by atoms with Gasteiger partial charge in [0, 0.05) is 0 Å². The molecule has 21 heavy (non-hydrogen) atoms. The van der Waals surface area contributed by atoms with Gasteiger partial charge in [-0.05, 0) is 0 Å². The molecule has 0 aliphatic heterocycles. The van der Waals surface area contributed by atoms with E-state index in [4.69, 9.17) is 0 Å². The first kappa shape index (κ1) is 13.1. The SMILES string of the molecule is [CH3][Ge]([CH3])([CH]1C=Cc2ccccc21)[CH]1C=Cc2ccccc21. The number of hydrogen-bond donors (Lipinski definition) is 0. The Morgan fingerprint density at radius 2 is 1.10 bits per heavy atom. The van der Waals surface area contributed by atoms with Crippen LogP contribution in [0, 0.1) is 0 Å². The van der Waals surface area contributed by atoms with Gasteiger partial charge in [0.15, 0.2) is 0 Å². The van der Waals surface area contributed by atoms with E-state index < -0.39 is 13.3 Å². The van der Waals surface area contributed by atoms with E-state index in [0.717, 1.165) is 0 Å². The van der Waals surface area contributed by atoms with Gasteiger partial charge in [-0.3, -0.25) is 0 Å². The Labute approximate surface area is 129 Å². The number of rotatable bonds is 2. The maximum atomic E-state index is 2.59. The van der Waals surface area contributed by atoms with Crippen LogP contribution in [0.2, 0.25) is 11.5 Å². The van der Waals surface area contributed by atoms with Gasteiger partial charge >= 0.3 is 129 Å².